The predicted octanol–water partition coefficient (Wildman–Crippen LogP) is 1.63. The van der Waals surface area contributed by atoms with E-state index in [0.29, 0.717) is 19.2 Å². The maximum Gasteiger partial charge on any atom is 0.285 e. The Hall–Kier alpha value is -2.11. The summed E-state index contributed by atoms with van der Waals surface area (Å²) < 4.78 is 5.24. The molecule has 17 heavy (non-hydrogen) atoms. The SMILES string of the molecule is C[C@@H](NC1=NCCO1)c1ccc([N+](=O)[O-])cc1. The molecule has 0 radical (unpaired) electrons. The molecule has 1 heterocycles. The molecule has 1 N–H and O–H groups in total. The van der Waals surface area contributed by atoms with Gasteiger partial charge in [0.2, 0.25) is 0 Å². The van der Waals surface area contributed by atoms with Crippen molar-refractivity contribution in [2.75, 3.05) is 13.2 Å². The third kappa shape index (κ3) is 2.72. The van der Waals surface area contributed by atoms with Gasteiger partial charge in [0.15, 0.2) is 0 Å². The van der Waals surface area contributed by atoms with Crippen LogP contribution in [-0.4, -0.2) is 24.1 Å². The van der Waals surface area contributed by atoms with Crippen molar-refractivity contribution >= 4 is 11.7 Å². The molecule has 0 amide bonds. The lowest BCUT2D eigenvalue weighted by Crippen LogP contribution is -2.26. The van der Waals surface area contributed by atoms with E-state index in [0.717, 1.165) is 5.56 Å². The molecular formula is C11H13N3O3. The Kier molecular flexibility index (Phi) is 3.22. The van der Waals surface area contributed by atoms with Crippen molar-refractivity contribution in [3.05, 3.63) is 39.9 Å². The van der Waals surface area contributed by atoms with Gasteiger partial charge in [-0.15, -0.1) is 0 Å². The minimum atomic E-state index is -0.411. The molecule has 0 bridgehead atoms. The Balaban J connectivity index is 2.03. The first kappa shape index (κ1) is 11.4. The summed E-state index contributed by atoms with van der Waals surface area (Å²) in [6.45, 7) is 3.23. The van der Waals surface area contributed by atoms with E-state index in [1.54, 1.807) is 12.1 Å². The Bertz CT molecular complexity index is 442. The number of non-ortho nitro benzene ring substituents is 1. The summed E-state index contributed by atoms with van der Waals surface area (Å²) in [6, 6.07) is 6.98. The normalized spacial score (nSPS) is 15.9. The van der Waals surface area contributed by atoms with Gasteiger partial charge < -0.3 is 10.1 Å². The van der Waals surface area contributed by atoms with E-state index in [1.807, 2.05) is 6.92 Å². The van der Waals surface area contributed by atoms with Crippen LogP contribution in [0.1, 0.15) is 18.5 Å². The zero-order chi connectivity index (χ0) is 12.3. The third-order valence-corrected chi connectivity index (χ3v) is 2.53. The summed E-state index contributed by atoms with van der Waals surface area (Å²) >= 11 is 0. The van der Waals surface area contributed by atoms with Crippen LogP contribution in [0.4, 0.5) is 5.69 Å². The second-order valence-corrected chi connectivity index (χ2v) is 3.75. The first-order chi connectivity index (χ1) is 8.16. The summed E-state index contributed by atoms with van der Waals surface area (Å²) in [5.74, 6) is 0. The number of benzene rings is 1. The van der Waals surface area contributed by atoms with Gasteiger partial charge in [-0.05, 0) is 12.5 Å². The molecule has 90 valence electrons. The van der Waals surface area contributed by atoms with Crippen LogP contribution in [0.3, 0.4) is 0 Å². The molecule has 1 aliphatic rings. The largest absolute Gasteiger partial charge is 0.463 e. The topological polar surface area (TPSA) is 76.8 Å². The maximum atomic E-state index is 10.5. The van der Waals surface area contributed by atoms with Gasteiger partial charge in [-0.3, -0.25) is 10.1 Å². The Morgan fingerprint density at radius 3 is 2.71 bits per heavy atom. The molecule has 2 rings (SSSR count). The highest BCUT2D eigenvalue weighted by Crippen LogP contribution is 2.17. The summed E-state index contributed by atoms with van der Waals surface area (Å²) in [5.41, 5.74) is 1.05. The van der Waals surface area contributed by atoms with Gasteiger partial charge in [0.05, 0.1) is 17.5 Å². The Labute approximate surface area is 98.5 Å². The smallest absolute Gasteiger partial charge is 0.285 e. The second-order valence-electron chi connectivity index (χ2n) is 3.75. The van der Waals surface area contributed by atoms with E-state index in [-0.39, 0.29) is 11.7 Å². The third-order valence-electron chi connectivity index (χ3n) is 2.53. The Morgan fingerprint density at radius 1 is 1.47 bits per heavy atom. The maximum absolute atomic E-state index is 10.5. The average Bonchev–Trinajstić information content (AvgIpc) is 2.82. The molecule has 0 aromatic heterocycles. The number of nitro benzene ring substituents is 1. The summed E-state index contributed by atoms with van der Waals surface area (Å²) in [6.07, 6.45) is 0. The van der Waals surface area contributed by atoms with Crippen LogP contribution >= 0.6 is 0 Å². The van der Waals surface area contributed by atoms with Gasteiger partial charge in [-0.1, -0.05) is 12.1 Å². The van der Waals surface area contributed by atoms with Crippen molar-refractivity contribution in [2.24, 2.45) is 4.99 Å². The molecule has 1 atom stereocenters. The first-order valence-corrected chi connectivity index (χ1v) is 5.35. The van der Waals surface area contributed by atoms with Crippen LogP contribution in [0.2, 0.25) is 0 Å². The van der Waals surface area contributed by atoms with Crippen LogP contribution in [0.5, 0.6) is 0 Å². The van der Waals surface area contributed by atoms with Crippen LogP contribution in [0, 0.1) is 10.1 Å². The van der Waals surface area contributed by atoms with Crippen LogP contribution < -0.4 is 5.32 Å². The molecule has 0 spiro atoms. The minimum absolute atomic E-state index is 0.00709. The van der Waals surface area contributed by atoms with Crippen molar-refractivity contribution in [3.8, 4) is 0 Å². The van der Waals surface area contributed by atoms with E-state index in [1.165, 1.54) is 12.1 Å². The molecular weight excluding hydrogens is 222 g/mol. The van der Waals surface area contributed by atoms with E-state index >= 15 is 0 Å². The Morgan fingerprint density at radius 2 is 2.18 bits per heavy atom. The molecule has 0 fully saturated rings. The van der Waals surface area contributed by atoms with Crippen LogP contribution in [-0.2, 0) is 4.74 Å². The number of hydrogen-bond acceptors (Lipinski definition) is 5. The molecule has 0 unspecified atom stereocenters. The van der Waals surface area contributed by atoms with Gasteiger partial charge in [0.1, 0.15) is 6.61 Å². The lowest BCUT2D eigenvalue weighted by atomic mass is 10.1. The fourth-order valence-electron chi connectivity index (χ4n) is 1.58. The number of nitrogens with one attached hydrogen (secondary N) is 1. The summed E-state index contributed by atoms with van der Waals surface area (Å²) in [4.78, 5) is 14.2. The lowest BCUT2D eigenvalue weighted by Gasteiger charge is -2.14. The first-order valence-electron chi connectivity index (χ1n) is 5.35. The molecule has 6 nitrogen and oxygen atoms in total. The molecule has 0 saturated carbocycles. The number of rotatable bonds is 3. The summed E-state index contributed by atoms with van der Waals surface area (Å²) in [5, 5.41) is 13.6. The number of nitro groups is 1. The van der Waals surface area contributed by atoms with E-state index in [9.17, 15) is 10.1 Å². The van der Waals surface area contributed by atoms with Crippen LogP contribution in [0.15, 0.2) is 29.3 Å². The van der Waals surface area contributed by atoms with E-state index in [2.05, 4.69) is 10.3 Å². The van der Waals surface area contributed by atoms with Crippen molar-refractivity contribution < 1.29 is 9.66 Å². The fourth-order valence-corrected chi connectivity index (χ4v) is 1.58. The molecule has 1 aliphatic heterocycles. The number of aliphatic imine (C=N–C) groups is 1. The van der Waals surface area contributed by atoms with Gasteiger partial charge in [0.25, 0.3) is 11.7 Å². The van der Waals surface area contributed by atoms with E-state index in [4.69, 9.17) is 4.74 Å². The second kappa shape index (κ2) is 4.82. The van der Waals surface area contributed by atoms with Gasteiger partial charge in [0, 0.05) is 12.1 Å². The van der Waals surface area contributed by atoms with Gasteiger partial charge in [-0.2, -0.15) is 0 Å². The van der Waals surface area contributed by atoms with E-state index < -0.39 is 4.92 Å². The summed E-state index contributed by atoms with van der Waals surface area (Å²) in [7, 11) is 0. The van der Waals surface area contributed by atoms with Crippen molar-refractivity contribution in [3.63, 3.8) is 0 Å². The highest BCUT2D eigenvalue weighted by atomic mass is 16.6. The van der Waals surface area contributed by atoms with Crippen molar-refractivity contribution in [1.29, 1.82) is 0 Å². The number of hydrogen-bond donors (Lipinski definition) is 1. The van der Waals surface area contributed by atoms with Crippen molar-refractivity contribution in [2.45, 2.75) is 13.0 Å². The van der Waals surface area contributed by atoms with Crippen molar-refractivity contribution in [1.82, 2.24) is 5.32 Å². The molecule has 1 aromatic carbocycles. The van der Waals surface area contributed by atoms with Gasteiger partial charge >= 0.3 is 0 Å². The highest BCUT2D eigenvalue weighted by Gasteiger charge is 2.13. The zero-order valence-electron chi connectivity index (χ0n) is 9.42. The molecule has 1 aromatic rings. The number of amidine groups is 1. The predicted molar refractivity (Wildman–Crippen MR) is 62.9 cm³/mol. The minimum Gasteiger partial charge on any atom is -0.463 e. The average molecular weight is 235 g/mol. The standard InChI is InChI=1S/C11H13N3O3/c1-8(13-11-12-6-7-17-11)9-2-4-10(5-3-9)14(15)16/h2-5,8H,6-7H2,1H3,(H,12,13)/t8-/m1/s1. The highest BCUT2D eigenvalue weighted by molar-refractivity contribution is 5.75. The lowest BCUT2D eigenvalue weighted by molar-refractivity contribution is -0.384. The molecule has 6 heteroatoms. The zero-order valence-corrected chi connectivity index (χ0v) is 9.42. The fraction of sp³-hybridized carbons (Fsp3) is 0.364. The monoisotopic (exact) mass is 235 g/mol. The van der Waals surface area contributed by atoms with Gasteiger partial charge in [-0.25, -0.2) is 4.99 Å². The number of ether oxygens (including phenoxy) is 1. The molecule has 0 saturated heterocycles. The molecule has 0 aliphatic carbocycles. The quantitative estimate of drug-likeness (QED) is 0.638. The van der Waals surface area contributed by atoms with Crippen LogP contribution in [0.25, 0.3) is 0 Å². The number of nitrogens with zero attached hydrogens (tertiary/aromatic N) is 2.